The summed E-state index contributed by atoms with van der Waals surface area (Å²) >= 11 is 13.8. The fraction of sp³-hybridized carbons (Fsp3) is 0.571. The second kappa shape index (κ2) is 7.19. The Kier molecular flexibility index (Phi) is 5.85. The molecule has 1 aliphatic rings. The van der Waals surface area contributed by atoms with Crippen LogP contribution in [0.4, 0.5) is 0 Å². The average molecular weight is 320 g/mol. The maximum absolute atomic E-state index is 9.26. The number of thioether (sulfide) groups is 1. The van der Waals surface area contributed by atoms with Crippen molar-refractivity contribution >= 4 is 35.0 Å². The summed E-state index contributed by atoms with van der Waals surface area (Å²) in [4.78, 5) is 3.36. The van der Waals surface area contributed by atoms with E-state index in [9.17, 15) is 5.11 Å². The molecule has 1 saturated carbocycles. The lowest BCUT2D eigenvalue weighted by molar-refractivity contribution is 0.0292. The molecule has 0 heterocycles. The first-order chi connectivity index (χ1) is 9.04. The molecule has 106 valence electrons. The summed E-state index contributed by atoms with van der Waals surface area (Å²) in [5.41, 5.74) is 0. The quantitative estimate of drug-likeness (QED) is 0.807. The monoisotopic (exact) mass is 319 g/mol. The van der Waals surface area contributed by atoms with Gasteiger partial charge in [-0.15, -0.1) is 11.8 Å². The zero-order valence-corrected chi connectivity index (χ0v) is 13.3. The van der Waals surface area contributed by atoms with Crippen LogP contribution in [0.15, 0.2) is 23.1 Å². The Morgan fingerprint density at radius 1 is 1.37 bits per heavy atom. The Balaban J connectivity index is 1.69. The predicted octanol–water partition coefficient (Wildman–Crippen LogP) is 3.79. The molecule has 0 unspecified atom stereocenters. The van der Waals surface area contributed by atoms with E-state index in [-0.39, 0.29) is 6.10 Å². The molecule has 2 rings (SSSR count). The zero-order valence-electron chi connectivity index (χ0n) is 11.0. The lowest BCUT2D eigenvalue weighted by Crippen LogP contribution is -2.37. The second-order valence-electron chi connectivity index (χ2n) is 5.18. The fourth-order valence-corrected chi connectivity index (χ4v) is 3.84. The summed E-state index contributed by atoms with van der Waals surface area (Å²) in [7, 11) is 2.13. The smallest absolute Gasteiger partial charge is 0.0546 e. The van der Waals surface area contributed by atoms with Gasteiger partial charge in [0.25, 0.3) is 0 Å². The van der Waals surface area contributed by atoms with E-state index in [4.69, 9.17) is 23.2 Å². The zero-order chi connectivity index (χ0) is 13.8. The highest BCUT2D eigenvalue weighted by atomic mass is 35.5. The van der Waals surface area contributed by atoms with E-state index in [0.29, 0.717) is 5.92 Å². The third-order valence-corrected chi connectivity index (χ3v) is 5.12. The standard InChI is InChI=1S/C14H19Cl2NOS/c1-17(9-10-6-12(18)7-10)4-5-19-14-8-11(15)2-3-13(14)16/h2-3,8,10,12,18H,4-7,9H2,1H3. The molecule has 19 heavy (non-hydrogen) atoms. The fourth-order valence-electron chi connectivity index (χ4n) is 2.28. The Labute approximate surface area is 129 Å². The molecule has 0 saturated heterocycles. The number of halogens is 2. The summed E-state index contributed by atoms with van der Waals surface area (Å²) < 4.78 is 0. The van der Waals surface area contributed by atoms with Gasteiger partial charge in [0.1, 0.15) is 0 Å². The van der Waals surface area contributed by atoms with E-state index in [1.807, 2.05) is 18.2 Å². The Bertz CT molecular complexity index is 424. The van der Waals surface area contributed by atoms with Gasteiger partial charge in [0.15, 0.2) is 0 Å². The lowest BCUT2D eigenvalue weighted by Gasteiger charge is -2.34. The molecule has 1 N–H and O–H groups in total. The van der Waals surface area contributed by atoms with Crippen LogP contribution < -0.4 is 0 Å². The molecule has 2 nitrogen and oxygen atoms in total. The van der Waals surface area contributed by atoms with E-state index in [0.717, 1.165) is 46.6 Å². The van der Waals surface area contributed by atoms with Crippen molar-refractivity contribution in [2.45, 2.75) is 23.8 Å². The van der Waals surface area contributed by atoms with E-state index in [2.05, 4.69) is 11.9 Å². The molecule has 5 heteroatoms. The van der Waals surface area contributed by atoms with Gasteiger partial charge in [0, 0.05) is 28.8 Å². The van der Waals surface area contributed by atoms with Gasteiger partial charge in [-0.3, -0.25) is 0 Å². The summed E-state index contributed by atoms with van der Waals surface area (Å²) in [5.74, 6) is 1.66. The highest BCUT2D eigenvalue weighted by molar-refractivity contribution is 7.99. The third-order valence-electron chi connectivity index (χ3n) is 3.40. The van der Waals surface area contributed by atoms with Gasteiger partial charge in [0.05, 0.1) is 11.1 Å². The van der Waals surface area contributed by atoms with Crippen molar-refractivity contribution in [3.05, 3.63) is 28.2 Å². The first-order valence-corrected chi connectivity index (χ1v) is 8.23. The van der Waals surface area contributed by atoms with Crippen LogP contribution in [0.5, 0.6) is 0 Å². The highest BCUT2D eigenvalue weighted by Gasteiger charge is 2.27. The molecule has 0 bridgehead atoms. The maximum atomic E-state index is 9.26. The Morgan fingerprint density at radius 2 is 2.11 bits per heavy atom. The van der Waals surface area contributed by atoms with Crippen molar-refractivity contribution in [2.24, 2.45) is 5.92 Å². The van der Waals surface area contributed by atoms with Crippen molar-refractivity contribution in [2.75, 3.05) is 25.9 Å². The van der Waals surface area contributed by atoms with Crippen LogP contribution in [0.25, 0.3) is 0 Å². The van der Waals surface area contributed by atoms with Gasteiger partial charge in [-0.25, -0.2) is 0 Å². The van der Waals surface area contributed by atoms with E-state index >= 15 is 0 Å². The number of aliphatic hydroxyl groups excluding tert-OH is 1. The molecule has 1 aromatic carbocycles. The van der Waals surface area contributed by atoms with E-state index in [1.54, 1.807) is 11.8 Å². The van der Waals surface area contributed by atoms with Crippen LogP contribution in [0.2, 0.25) is 10.0 Å². The molecular weight excluding hydrogens is 301 g/mol. The molecular formula is C14H19Cl2NOS. The van der Waals surface area contributed by atoms with Crippen LogP contribution in [-0.2, 0) is 0 Å². The van der Waals surface area contributed by atoms with E-state index in [1.165, 1.54) is 0 Å². The van der Waals surface area contributed by atoms with Gasteiger partial charge in [0.2, 0.25) is 0 Å². The molecule has 0 radical (unpaired) electrons. The van der Waals surface area contributed by atoms with Crippen LogP contribution in [-0.4, -0.2) is 42.0 Å². The molecule has 0 aromatic heterocycles. The minimum Gasteiger partial charge on any atom is -0.393 e. The van der Waals surface area contributed by atoms with Gasteiger partial charge in [-0.05, 0) is 44.0 Å². The van der Waals surface area contributed by atoms with Gasteiger partial charge in [-0.2, -0.15) is 0 Å². The first kappa shape index (κ1) is 15.5. The maximum Gasteiger partial charge on any atom is 0.0546 e. The number of aliphatic hydroxyl groups is 1. The van der Waals surface area contributed by atoms with Crippen LogP contribution in [0.3, 0.4) is 0 Å². The van der Waals surface area contributed by atoms with Gasteiger partial charge in [-0.1, -0.05) is 23.2 Å². The minimum atomic E-state index is -0.0574. The number of hydrogen-bond donors (Lipinski definition) is 1. The van der Waals surface area contributed by atoms with Crippen molar-refractivity contribution in [3.8, 4) is 0 Å². The third kappa shape index (κ3) is 4.83. The minimum absolute atomic E-state index is 0.0574. The van der Waals surface area contributed by atoms with Crippen LogP contribution >= 0.6 is 35.0 Å². The largest absolute Gasteiger partial charge is 0.393 e. The molecule has 1 aliphatic carbocycles. The highest BCUT2D eigenvalue weighted by Crippen LogP contribution is 2.30. The van der Waals surface area contributed by atoms with Crippen LogP contribution in [0.1, 0.15) is 12.8 Å². The normalized spacial score (nSPS) is 22.6. The second-order valence-corrected chi connectivity index (χ2v) is 7.16. The first-order valence-electron chi connectivity index (χ1n) is 6.49. The number of benzene rings is 1. The van der Waals surface area contributed by atoms with Gasteiger partial charge < -0.3 is 10.0 Å². The molecule has 0 aliphatic heterocycles. The summed E-state index contributed by atoms with van der Waals surface area (Å²) in [6.07, 6.45) is 1.85. The summed E-state index contributed by atoms with van der Waals surface area (Å²) in [6.45, 7) is 2.08. The van der Waals surface area contributed by atoms with Gasteiger partial charge >= 0.3 is 0 Å². The average Bonchev–Trinajstić information content (AvgIpc) is 2.32. The molecule has 0 atom stereocenters. The Hall–Kier alpha value is 0.0700. The van der Waals surface area contributed by atoms with Crippen molar-refractivity contribution in [1.82, 2.24) is 4.90 Å². The predicted molar refractivity (Wildman–Crippen MR) is 83.4 cm³/mol. The molecule has 0 amide bonds. The molecule has 1 fully saturated rings. The molecule has 0 spiro atoms. The van der Waals surface area contributed by atoms with Crippen molar-refractivity contribution in [1.29, 1.82) is 0 Å². The van der Waals surface area contributed by atoms with Crippen molar-refractivity contribution in [3.63, 3.8) is 0 Å². The topological polar surface area (TPSA) is 23.5 Å². The number of hydrogen-bond acceptors (Lipinski definition) is 3. The summed E-state index contributed by atoms with van der Waals surface area (Å²) in [5, 5.41) is 10.8. The van der Waals surface area contributed by atoms with Crippen molar-refractivity contribution < 1.29 is 5.11 Å². The number of nitrogens with zero attached hydrogens (tertiary/aromatic N) is 1. The lowest BCUT2D eigenvalue weighted by atomic mass is 9.82. The SMILES string of the molecule is CN(CCSc1cc(Cl)ccc1Cl)CC1CC(O)C1. The summed E-state index contributed by atoms with van der Waals surface area (Å²) in [6, 6.07) is 5.56. The Morgan fingerprint density at radius 3 is 2.79 bits per heavy atom. The number of rotatable bonds is 6. The van der Waals surface area contributed by atoms with Crippen LogP contribution in [0, 0.1) is 5.92 Å². The van der Waals surface area contributed by atoms with E-state index < -0.39 is 0 Å². The molecule has 1 aromatic rings.